The fourth-order valence-corrected chi connectivity index (χ4v) is 8.51. The number of phenolic OH excluding ortho intramolecular Hbond substituents is 1. The minimum atomic E-state index is -0.838. The Morgan fingerprint density at radius 1 is 1.15 bits per heavy atom. The van der Waals surface area contributed by atoms with Crippen LogP contribution in [-0.4, -0.2) is 92.6 Å². The minimum Gasteiger partial charge on any atom is -0.508 e. The van der Waals surface area contributed by atoms with E-state index in [0.29, 0.717) is 57.4 Å². The van der Waals surface area contributed by atoms with Gasteiger partial charge in [-0.15, -0.1) is 0 Å². The number of ether oxygens (including phenoxy) is 2. The van der Waals surface area contributed by atoms with Crippen molar-refractivity contribution in [1.82, 2.24) is 29.5 Å². The number of alkyl halides is 1. The molecule has 244 valence electrons. The van der Waals surface area contributed by atoms with Gasteiger partial charge in [0.15, 0.2) is 5.69 Å². The van der Waals surface area contributed by atoms with Gasteiger partial charge in [-0.3, -0.25) is 14.4 Å². The van der Waals surface area contributed by atoms with E-state index in [2.05, 4.69) is 14.9 Å². The fourth-order valence-electron chi connectivity index (χ4n) is 8.51. The molecule has 1 aliphatic carbocycles. The van der Waals surface area contributed by atoms with Crippen molar-refractivity contribution in [3.05, 3.63) is 58.0 Å². The lowest BCUT2D eigenvalue weighted by Gasteiger charge is -2.43. The van der Waals surface area contributed by atoms with Crippen LogP contribution in [0.2, 0.25) is 0 Å². The summed E-state index contributed by atoms with van der Waals surface area (Å²) in [5.74, 6) is 0.883. The van der Waals surface area contributed by atoms with Gasteiger partial charge in [0.25, 0.3) is 5.91 Å². The Balaban J connectivity index is 1.16. The maximum atomic E-state index is 14.6. The molecule has 12 heteroatoms. The number of aryl methyl sites for hydroxylation is 2. The lowest BCUT2D eigenvalue weighted by Crippen LogP contribution is -2.44. The Bertz CT molecular complexity index is 1680. The van der Waals surface area contributed by atoms with Crippen LogP contribution in [0, 0.1) is 0 Å². The van der Waals surface area contributed by atoms with Crippen LogP contribution in [0.3, 0.4) is 0 Å². The molecule has 0 saturated carbocycles. The number of fused-ring (bicyclic) bond motifs is 5. The summed E-state index contributed by atoms with van der Waals surface area (Å²) in [7, 11) is 3.47. The van der Waals surface area contributed by atoms with Crippen LogP contribution in [0.25, 0.3) is 0 Å². The van der Waals surface area contributed by atoms with Gasteiger partial charge >= 0.3 is 6.01 Å². The number of carbonyl (C=O) groups excluding carboxylic acids is 1. The van der Waals surface area contributed by atoms with Crippen LogP contribution in [0.5, 0.6) is 11.8 Å². The summed E-state index contributed by atoms with van der Waals surface area (Å²) in [6.45, 7) is 4.02. The molecule has 2 aromatic heterocycles. The van der Waals surface area contributed by atoms with Crippen LogP contribution < -0.4 is 9.64 Å². The summed E-state index contributed by atoms with van der Waals surface area (Å²) < 4.78 is 29.7. The summed E-state index contributed by atoms with van der Waals surface area (Å²) in [6.07, 6.45) is 5.73. The number of benzene rings is 1. The SMILES string of the molecule is CN(C)C(=O)c1cc2n(n1)CCCN(c1nc(OC[C@@]34CCCN3C[C@H](F)C4)nc3c1COC1(CCCc4ccc(O)cc41)C3)C2. The average Bonchev–Trinajstić information content (AvgIpc) is 3.66. The van der Waals surface area contributed by atoms with Crippen LogP contribution in [-0.2, 0) is 42.9 Å². The second kappa shape index (κ2) is 11.2. The summed E-state index contributed by atoms with van der Waals surface area (Å²) in [5.41, 5.74) is 4.54. The zero-order chi connectivity index (χ0) is 31.6. The van der Waals surface area contributed by atoms with Crippen molar-refractivity contribution in [1.29, 1.82) is 0 Å². The predicted octanol–water partition coefficient (Wildman–Crippen LogP) is 3.75. The number of phenols is 1. The maximum absolute atomic E-state index is 14.6. The number of hydrogen-bond acceptors (Lipinski definition) is 9. The van der Waals surface area contributed by atoms with Crippen LogP contribution in [0.15, 0.2) is 24.3 Å². The van der Waals surface area contributed by atoms with E-state index in [9.17, 15) is 14.3 Å². The van der Waals surface area contributed by atoms with Crippen molar-refractivity contribution in [3.63, 3.8) is 0 Å². The van der Waals surface area contributed by atoms with Gasteiger partial charge in [-0.2, -0.15) is 15.1 Å². The number of anilines is 1. The third-order valence-electron chi connectivity index (χ3n) is 10.8. The van der Waals surface area contributed by atoms with E-state index in [1.54, 1.807) is 25.1 Å². The lowest BCUT2D eigenvalue weighted by molar-refractivity contribution is -0.0856. The fraction of sp³-hybridized carbons (Fsp3) is 0.588. The largest absolute Gasteiger partial charge is 0.508 e. The van der Waals surface area contributed by atoms with Gasteiger partial charge in [0, 0.05) is 52.1 Å². The molecule has 3 aromatic rings. The Hall–Kier alpha value is -3.77. The molecule has 8 rings (SSSR count). The van der Waals surface area contributed by atoms with Crippen molar-refractivity contribution in [3.8, 4) is 11.8 Å². The van der Waals surface area contributed by atoms with Crippen LogP contribution in [0.4, 0.5) is 10.2 Å². The molecule has 6 heterocycles. The van der Waals surface area contributed by atoms with Crippen molar-refractivity contribution >= 4 is 11.7 Å². The highest BCUT2D eigenvalue weighted by Crippen LogP contribution is 2.47. The van der Waals surface area contributed by atoms with Gasteiger partial charge in [0.2, 0.25) is 0 Å². The normalized spacial score (nSPS) is 27.1. The van der Waals surface area contributed by atoms with Gasteiger partial charge in [0.05, 0.1) is 35.7 Å². The minimum absolute atomic E-state index is 0.123. The quantitative estimate of drug-likeness (QED) is 0.451. The van der Waals surface area contributed by atoms with Crippen molar-refractivity contribution in [2.75, 3.05) is 45.2 Å². The number of hydrogen-bond donors (Lipinski definition) is 1. The highest BCUT2D eigenvalue weighted by atomic mass is 19.1. The Morgan fingerprint density at radius 3 is 2.91 bits per heavy atom. The molecule has 0 radical (unpaired) electrons. The summed E-state index contributed by atoms with van der Waals surface area (Å²) in [6, 6.07) is 7.79. The number of carbonyl (C=O) groups is 1. The molecule has 46 heavy (non-hydrogen) atoms. The van der Waals surface area contributed by atoms with Gasteiger partial charge < -0.3 is 24.4 Å². The molecule has 1 N–H and O–H groups in total. The number of nitrogens with zero attached hydrogens (tertiary/aromatic N) is 7. The van der Waals surface area contributed by atoms with E-state index < -0.39 is 11.8 Å². The van der Waals surface area contributed by atoms with Gasteiger partial charge in [-0.05, 0) is 74.4 Å². The molecule has 2 saturated heterocycles. The van der Waals surface area contributed by atoms with Gasteiger partial charge in [0.1, 0.15) is 24.3 Å². The molecule has 4 aliphatic heterocycles. The molecule has 5 aliphatic rings. The Labute approximate surface area is 268 Å². The van der Waals surface area contributed by atoms with Crippen LogP contribution in [0.1, 0.15) is 77.1 Å². The summed E-state index contributed by atoms with van der Waals surface area (Å²) in [4.78, 5) is 28.8. The molecule has 3 atom stereocenters. The first-order valence-electron chi connectivity index (χ1n) is 16.6. The molecule has 2 fully saturated rings. The number of amides is 1. The first kappa shape index (κ1) is 29.6. The second-order valence-corrected chi connectivity index (χ2v) is 14.0. The highest BCUT2D eigenvalue weighted by Gasteiger charge is 2.50. The zero-order valence-corrected chi connectivity index (χ0v) is 26.7. The van der Waals surface area contributed by atoms with E-state index in [1.165, 1.54) is 5.56 Å². The third-order valence-corrected chi connectivity index (χ3v) is 10.8. The first-order valence-corrected chi connectivity index (χ1v) is 16.6. The number of halogens is 1. The molecule has 1 spiro atoms. The van der Waals surface area contributed by atoms with E-state index in [1.807, 2.05) is 22.9 Å². The standard InChI is InChI=1S/C34H42FN7O4/c1-39(2)31(44)28-14-24-19-40(11-5-13-42(24)38-28)30-26-20-46-34(10-3-6-22-7-8-25(43)15-27(22)34)17-29(26)36-32(37-30)45-21-33-9-4-12-41(33)18-23(35)16-33/h7-8,14-15,23,43H,3-6,9-13,16-21H2,1-2H3/t23-,33+,34?/m1/s1. The highest BCUT2D eigenvalue weighted by molar-refractivity contribution is 5.92. The molecule has 1 amide bonds. The van der Waals surface area contributed by atoms with E-state index in [4.69, 9.17) is 19.4 Å². The maximum Gasteiger partial charge on any atom is 0.318 e. The lowest BCUT2D eigenvalue weighted by atomic mass is 9.75. The third kappa shape index (κ3) is 5.00. The van der Waals surface area contributed by atoms with E-state index >= 15 is 0 Å². The number of aromatic nitrogens is 4. The molecular formula is C34H42FN7O4. The van der Waals surface area contributed by atoms with Gasteiger partial charge in [-0.25, -0.2) is 4.39 Å². The Morgan fingerprint density at radius 2 is 2.04 bits per heavy atom. The molecule has 11 nitrogen and oxygen atoms in total. The van der Waals surface area contributed by atoms with Crippen LogP contribution >= 0.6 is 0 Å². The van der Waals surface area contributed by atoms with Crippen molar-refractivity contribution < 1.29 is 23.8 Å². The van der Waals surface area contributed by atoms with E-state index in [-0.39, 0.29) is 17.2 Å². The molecule has 1 unspecified atom stereocenters. The average molecular weight is 632 g/mol. The number of aromatic hydroxyl groups is 1. The molecular weight excluding hydrogens is 589 g/mol. The van der Waals surface area contributed by atoms with Crippen molar-refractivity contribution in [2.24, 2.45) is 0 Å². The first-order chi connectivity index (χ1) is 22.2. The second-order valence-electron chi connectivity index (χ2n) is 14.0. The van der Waals surface area contributed by atoms with Crippen molar-refractivity contribution in [2.45, 2.75) is 88.4 Å². The summed E-state index contributed by atoms with van der Waals surface area (Å²) >= 11 is 0. The van der Waals surface area contributed by atoms with Gasteiger partial charge in [-0.1, -0.05) is 6.07 Å². The molecule has 1 aromatic carbocycles. The number of rotatable bonds is 5. The predicted molar refractivity (Wildman–Crippen MR) is 168 cm³/mol. The smallest absolute Gasteiger partial charge is 0.318 e. The zero-order valence-electron chi connectivity index (χ0n) is 26.7. The Kier molecular flexibility index (Phi) is 7.20. The van der Waals surface area contributed by atoms with E-state index in [0.717, 1.165) is 79.9 Å². The topological polar surface area (TPSA) is 109 Å². The molecule has 0 bridgehead atoms. The summed E-state index contributed by atoms with van der Waals surface area (Å²) in [5, 5.41) is 15.0. The monoisotopic (exact) mass is 631 g/mol.